The molecule has 0 aromatic carbocycles. The molecule has 0 aliphatic heterocycles. The molecule has 0 radical (unpaired) electrons. The van der Waals surface area contributed by atoms with E-state index in [4.69, 9.17) is 9.90 Å². The van der Waals surface area contributed by atoms with Crippen molar-refractivity contribution >= 4 is 36.7 Å². The molecular formula is C5H7LiO2S. The minimum atomic E-state index is -0.250. The second-order valence-electron chi connectivity index (χ2n) is 0.899. The van der Waals surface area contributed by atoms with Crippen molar-refractivity contribution in [3.63, 3.8) is 0 Å². The topological polar surface area (TPSA) is 37.3 Å². The van der Waals surface area contributed by atoms with E-state index in [0.29, 0.717) is 0 Å². The van der Waals surface area contributed by atoms with Gasteiger partial charge in [0.1, 0.15) is 0 Å². The van der Waals surface area contributed by atoms with Crippen molar-refractivity contribution in [3.05, 3.63) is 22.9 Å². The summed E-state index contributed by atoms with van der Waals surface area (Å²) in [6, 6.07) is 4.04. The average molecular weight is 138 g/mol. The van der Waals surface area contributed by atoms with Gasteiger partial charge >= 0.3 is 18.9 Å². The van der Waals surface area contributed by atoms with Crippen LogP contribution < -0.4 is 0 Å². The molecule has 0 amide bonds. The van der Waals surface area contributed by atoms with Crippen LogP contribution in [-0.4, -0.2) is 30.4 Å². The van der Waals surface area contributed by atoms with Gasteiger partial charge in [-0.3, -0.25) is 4.79 Å². The quantitative estimate of drug-likeness (QED) is 0.425. The van der Waals surface area contributed by atoms with Crippen LogP contribution in [0.4, 0.5) is 0 Å². The largest absolute Gasteiger partial charge is 0.152 e. The Bertz CT molecular complexity index is 101. The third-order valence-electron chi connectivity index (χ3n) is 0.425. The van der Waals surface area contributed by atoms with Crippen LogP contribution in [0.2, 0.25) is 0 Å². The number of carboxylic acid groups (broad SMARTS) is 1. The van der Waals surface area contributed by atoms with Gasteiger partial charge in [0.05, 0.1) is 0 Å². The van der Waals surface area contributed by atoms with Crippen LogP contribution in [0.15, 0.2) is 22.9 Å². The Morgan fingerprint density at radius 1 is 1.33 bits per heavy atom. The van der Waals surface area contributed by atoms with Gasteiger partial charge in [-0.1, -0.05) is 12.1 Å². The summed E-state index contributed by atoms with van der Waals surface area (Å²) < 4.78 is 0. The van der Waals surface area contributed by atoms with Gasteiger partial charge in [-0.05, 0) is 10.8 Å². The molecule has 0 spiro atoms. The number of carbonyl (C=O) groups is 1. The summed E-state index contributed by atoms with van der Waals surface area (Å²) in [6.45, 7) is -0.250. The molecule has 9 heavy (non-hydrogen) atoms. The van der Waals surface area contributed by atoms with Crippen LogP contribution in [0.1, 0.15) is 0 Å². The molecule has 1 aromatic heterocycles. The minimum absolute atomic E-state index is 0. The van der Waals surface area contributed by atoms with E-state index in [0.717, 1.165) is 0 Å². The van der Waals surface area contributed by atoms with Crippen molar-refractivity contribution in [1.82, 2.24) is 0 Å². The van der Waals surface area contributed by atoms with E-state index in [-0.39, 0.29) is 25.3 Å². The molecule has 0 atom stereocenters. The molecule has 1 aromatic rings. The van der Waals surface area contributed by atoms with Crippen LogP contribution in [0.25, 0.3) is 0 Å². The van der Waals surface area contributed by atoms with E-state index >= 15 is 0 Å². The standard InChI is InChI=1S/C4H4S.CH2O2.Li.H/c1-2-4-5-3-1;2-1-3;;/h1-4H;1H,(H,2,3);;. The fourth-order valence-corrected chi connectivity index (χ4v) is 0.680. The normalized spacial score (nSPS) is 5.78. The van der Waals surface area contributed by atoms with E-state index < -0.39 is 0 Å². The number of thiophene rings is 1. The summed E-state index contributed by atoms with van der Waals surface area (Å²) in [5.41, 5.74) is 0. The smallest absolute Gasteiger partial charge is 0.00934 e. The first kappa shape index (κ1) is 11.5. The van der Waals surface area contributed by atoms with Gasteiger partial charge < -0.3 is 5.11 Å². The SMILES string of the molecule is O=CO.[LiH].c1ccsc1. The van der Waals surface area contributed by atoms with Crippen molar-refractivity contribution in [1.29, 1.82) is 0 Å². The number of rotatable bonds is 0. The van der Waals surface area contributed by atoms with Crippen LogP contribution in [0.5, 0.6) is 0 Å². The summed E-state index contributed by atoms with van der Waals surface area (Å²) in [5.74, 6) is 0. The van der Waals surface area contributed by atoms with Gasteiger partial charge in [0.15, 0.2) is 0 Å². The maximum absolute atomic E-state index is 8.36. The molecule has 2 nitrogen and oxygen atoms in total. The summed E-state index contributed by atoms with van der Waals surface area (Å²) in [7, 11) is 0. The van der Waals surface area contributed by atoms with Crippen LogP contribution in [0, 0.1) is 0 Å². The zero-order valence-electron chi connectivity index (χ0n) is 4.15. The molecule has 0 aliphatic rings. The molecule has 1 rings (SSSR count). The van der Waals surface area contributed by atoms with Gasteiger partial charge in [0.25, 0.3) is 6.47 Å². The van der Waals surface area contributed by atoms with E-state index in [9.17, 15) is 0 Å². The number of hydrogen-bond acceptors (Lipinski definition) is 2. The zero-order chi connectivity index (χ0) is 6.24. The molecular weight excluding hydrogens is 131 g/mol. The average Bonchev–Trinajstić information content (AvgIpc) is 2.17. The fourth-order valence-electron chi connectivity index (χ4n) is 0.227. The second kappa shape index (κ2) is 10.7. The summed E-state index contributed by atoms with van der Waals surface area (Å²) in [4.78, 5) is 8.36. The van der Waals surface area contributed by atoms with Crippen molar-refractivity contribution in [3.8, 4) is 0 Å². The molecule has 0 aliphatic carbocycles. The summed E-state index contributed by atoms with van der Waals surface area (Å²) in [5, 5.41) is 11.0. The van der Waals surface area contributed by atoms with E-state index in [1.165, 1.54) is 0 Å². The predicted molar refractivity (Wildman–Crippen MR) is 40.2 cm³/mol. The second-order valence-corrected chi connectivity index (χ2v) is 1.72. The van der Waals surface area contributed by atoms with Crippen molar-refractivity contribution in [2.75, 3.05) is 0 Å². The van der Waals surface area contributed by atoms with Gasteiger partial charge in [-0.15, -0.1) is 0 Å². The Morgan fingerprint density at radius 2 is 1.67 bits per heavy atom. The minimum Gasteiger partial charge on any atom is -0.152 e. The third kappa shape index (κ3) is 11.4. The summed E-state index contributed by atoms with van der Waals surface area (Å²) >= 11 is 1.71. The maximum atomic E-state index is 8.36. The van der Waals surface area contributed by atoms with Gasteiger partial charge in [-0.2, -0.15) is 11.3 Å². The number of hydrogen-bond donors (Lipinski definition) is 1. The Balaban J connectivity index is 0. The van der Waals surface area contributed by atoms with Gasteiger partial charge in [-0.25, -0.2) is 0 Å². The molecule has 0 fully saturated rings. The van der Waals surface area contributed by atoms with Gasteiger partial charge in [0.2, 0.25) is 0 Å². The fraction of sp³-hybridized carbons (Fsp3) is 0. The third-order valence-corrected chi connectivity index (χ3v) is 1.05. The molecule has 1 heterocycles. The van der Waals surface area contributed by atoms with Crippen LogP contribution in [0.3, 0.4) is 0 Å². The predicted octanol–water partition coefficient (Wildman–Crippen LogP) is 0.800. The van der Waals surface area contributed by atoms with Crippen LogP contribution in [-0.2, 0) is 4.79 Å². The first-order valence-electron chi connectivity index (χ1n) is 1.97. The monoisotopic (exact) mass is 138 g/mol. The Kier molecular flexibility index (Phi) is 13.7. The molecule has 0 unspecified atom stereocenters. The van der Waals surface area contributed by atoms with E-state index in [1.807, 2.05) is 22.9 Å². The molecule has 4 heteroatoms. The molecule has 46 valence electrons. The molecule has 0 bridgehead atoms. The van der Waals surface area contributed by atoms with E-state index in [2.05, 4.69) is 0 Å². The van der Waals surface area contributed by atoms with Crippen molar-refractivity contribution in [2.24, 2.45) is 0 Å². The Morgan fingerprint density at radius 3 is 1.78 bits per heavy atom. The zero-order valence-corrected chi connectivity index (χ0v) is 4.97. The molecule has 1 N–H and O–H groups in total. The van der Waals surface area contributed by atoms with Crippen molar-refractivity contribution < 1.29 is 9.90 Å². The van der Waals surface area contributed by atoms with Gasteiger partial charge in [0, 0.05) is 0 Å². The Labute approximate surface area is 69.7 Å². The molecule has 0 saturated heterocycles. The van der Waals surface area contributed by atoms with Crippen LogP contribution >= 0.6 is 11.3 Å². The first-order chi connectivity index (χ1) is 3.91. The van der Waals surface area contributed by atoms with E-state index in [1.54, 1.807) is 11.3 Å². The Hall–Kier alpha value is -0.233. The van der Waals surface area contributed by atoms with Crippen molar-refractivity contribution in [2.45, 2.75) is 0 Å². The maximum Gasteiger partial charge on any atom is -0.00934 e. The first-order valence-corrected chi connectivity index (χ1v) is 2.91. The summed E-state index contributed by atoms with van der Waals surface area (Å²) in [6.07, 6.45) is 0. The molecule has 0 saturated carbocycles.